The van der Waals surface area contributed by atoms with Gasteiger partial charge in [-0.25, -0.2) is 16.8 Å². The number of nitrogens with one attached hydrogen (secondary N) is 1. The number of amides is 1. The molecule has 0 spiro atoms. The van der Waals surface area contributed by atoms with Crippen molar-refractivity contribution in [1.82, 2.24) is 24.0 Å². The van der Waals surface area contributed by atoms with Gasteiger partial charge in [0.2, 0.25) is 10.0 Å². The normalized spacial score (nSPS) is 24.4. The Hall–Kier alpha value is -2.32. The van der Waals surface area contributed by atoms with Gasteiger partial charge in [-0.3, -0.25) is 19.4 Å². The number of rotatable bonds is 10. The summed E-state index contributed by atoms with van der Waals surface area (Å²) in [5, 5.41) is 3.98. The highest BCUT2D eigenvalue weighted by Crippen LogP contribution is 2.35. The minimum atomic E-state index is -3.27. The van der Waals surface area contributed by atoms with Crippen molar-refractivity contribution in [2.75, 3.05) is 57.0 Å². The van der Waals surface area contributed by atoms with Crippen molar-refractivity contribution in [2.45, 2.75) is 63.7 Å². The van der Waals surface area contributed by atoms with E-state index in [1.54, 1.807) is 10.6 Å². The van der Waals surface area contributed by atoms with Gasteiger partial charge in [0.15, 0.2) is 9.84 Å². The zero-order valence-corrected chi connectivity index (χ0v) is 26.4. The number of fused-ring (bicyclic) bond motifs is 3. The van der Waals surface area contributed by atoms with E-state index in [1.807, 2.05) is 43.0 Å². The minimum Gasteiger partial charge on any atom is -0.349 e. The van der Waals surface area contributed by atoms with Gasteiger partial charge in [-0.2, -0.15) is 4.31 Å². The molecule has 42 heavy (non-hydrogen) atoms. The van der Waals surface area contributed by atoms with Gasteiger partial charge in [-0.15, -0.1) is 0 Å². The average Bonchev–Trinajstić information content (AvgIpc) is 3.17. The Labute approximate surface area is 248 Å². The summed E-state index contributed by atoms with van der Waals surface area (Å²) in [7, 11) is -6.48. The number of hydrogen-bond donors (Lipinski definition) is 1. The molecular weight excluding hydrogens is 578 g/mol. The van der Waals surface area contributed by atoms with Crippen molar-refractivity contribution < 1.29 is 21.6 Å². The van der Waals surface area contributed by atoms with E-state index in [-0.39, 0.29) is 52.7 Å². The van der Waals surface area contributed by atoms with Crippen LogP contribution in [0.2, 0.25) is 0 Å². The number of para-hydroxylation sites is 1. The molecule has 4 heterocycles. The van der Waals surface area contributed by atoms with E-state index in [9.17, 15) is 26.4 Å². The van der Waals surface area contributed by atoms with Gasteiger partial charge in [-0.1, -0.05) is 18.2 Å². The fourth-order valence-corrected chi connectivity index (χ4v) is 8.94. The van der Waals surface area contributed by atoms with Crippen LogP contribution in [0.4, 0.5) is 0 Å². The molecule has 5 rings (SSSR count). The Morgan fingerprint density at radius 2 is 1.57 bits per heavy atom. The molecule has 2 atom stereocenters. The van der Waals surface area contributed by atoms with Crippen LogP contribution in [0, 0.1) is 0 Å². The van der Waals surface area contributed by atoms with Crippen LogP contribution in [0.3, 0.4) is 0 Å². The molecule has 11 nitrogen and oxygen atoms in total. The van der Waals surface area contributed by atoms with Crippen LogP contribution in [0.25, 0.3) is 10.9 Å². The first kappa shape index (κ1) is 31.1. The number of sulfonamides is 1. The van der Waals surface area contributed by atoms with E-state index in [1.165, 1.54) is 10.6 Å². The molecule has 0 radical (unpaired) electrons. The number of carbonyl (C=O) groups is 1. The quantitative estimate of drug-likeness (QED) is 0.421. The third-order valence-corrected chi connectivity index (χ3v) is 12.0. The lowest BCUT2D eigenvalue weighted by atomic mass is 9.97. The highest BCUT2D eigenvalue weighted by atomic mass is 32.2. The van der Waals surface area contributed by atoms with Crippen LogP contribution in [0.5, 0.6) is 0 Å². The van der Waals surface area contributed by atoms with Crippen LogP contribution in [-0.2, 0) is 19.9 Å². The van der Waals surface area contributed by atoms with Crippen LogP contribution < -0.4 is 10.9 Å². The predicted octanol–water partition coefficient (Wildman–Crippen LogP) is 1.30. The van der Waals surface area contributed by atoms with Crippen LogP contribution in [-0.4, -0.2) is 117 Å². The molecule has 0 saturated carbocycles. The smallest absolute Gasteiger partial charge is 0.264 e. The lowest BCUT2D eigenvalue weighted by Crippen LogP contribution is -2.52. The summed E-state index contributed by atoms with van der Waals surface area (Å²) in [6.45, 7) is 6.62. The van der Waals surface area contributed by atoms with E-state index >= 15 is 0 Å². The fraction of sp³-hybridized carbons (Fsp3) is 0.655. The maximum absolute atomic E-state index is 13.3. The summed E-state index contributed by atoms with van der Waals surface area (Å²) in [4.78, 5) is 31.0. The molecule has 3 fully saturated rings. The molecule has 2 aromatic rings. The highest BCUT2D eigenvalue weighted by Gasteiger charge is 2.41. The summed E-state index contributed by atoms with van der Waals surface area (Å²) < 4.78 is 52.3. The monoisotopic (exact) mass is 621 g/mol. The van der Waals surface area contributed by atoms with E-state index in [4.69, 9.17) is 0 Å². The van der Waals surface area contributed by atoms with Gasteiger partial charge in [0.25, 0.3) is 11.5 Å². The summed E-state index contributed by atoms with van der Waals surface area (Å²) in [5.41, 5.74) is 0.676. The first-order valence-electron chi connectivity index (χ1n) is 14.9. The fourth-order valence-electron chi connectivity index (χ4n) is 6.88. The van der Waals surface area contributed by atoms with Gasteiger partial charge in [-0.05, 0) is 57.0 Å². The third kappa shape index (κ3) is 6.91. The molecule has 2 unspecified atom stereocenters. The van der Waals surface area contributed by atoms with E-state index in [0.717, 1.165) is 36.6 Å². The summed E-state index contributed by atoms with van der Waals surface area (Å²) >= 11 is 0. The molecule has 232 valence electrons. The maximum atomic E-state index is 13.3. The Balaban J connectivity index is 1.14. The second-order valence-electron chi connectivity index (χ2n) is 12.3. The Kier molecular flexibility index (Phi) is 9.15. The number of carbonyl (C=O) groups excluding carboxylic acids is 1. The second kappa shape index (κ2) is 12.4. The van der Waals surface area contributed by atoms with Crippen LogP contribution in [0.15, 0.2) is 35.1 Å². The van der Waals surface area contributed by atoms with Crippen LogP contribution >= 0.6 is 0 Å². The number of piperidine rings is 1. The standard InChI is InChI=1S/C29H43N5O6S2/c1-21(2)34-27-7-5-4-6-22(27)18-26(29(34)36)28(35)30-23-19-24-8-9-25(20-23)33(24)15-17-42(39,40)16-14-31-10-12-32(13-11-31)41(3,37)38/h4-7,18,21,23-25H,8-17,19-20H2,1-3H3,(H,30,35). The van der Waals surface area contributed by atoms with Gasteiger partial charge in [0, 0.05) is 63.4 Å². The average molecular weight is 622 g/mol. The van der Waals surface area contributed by atoms with E-state index in [0.29, 0.717) is 39.3 Å². The van der Waals surface area contributed by atoms with Crippen molar-refractivity contribution in [3.8, 4) is 0 Å². The predicted molar refractivity (Wildman–Crippen MR) is 164 cm³/mol. The zero-order chi connectivity index (χ0) is 30.2. The molecular formula is C29H43N5O6S2. The molecule has 3 aliphatic rings. The summed E-state index contributed by atoms with van der Waals surface area (Å²) in [5.74, 6) is -0.197. The Bertz CT molecular complexity index is 1570. The van der Waals surface area contributed by atoms with Crippen molar-refractivity contribution in [1.29, 1.82) is 0 Å². The maximum Gasteiger partial charge on any atom is 0.264 e. The number of piperazine rings is 1. The lowest BCUT2D eigenvalue weighted by molar-refractivity contribution is 0.0856. The molecule has 1 N–H and O–H groups in total. The van der Waals surface area contributed by atoms with E-state index in [2.05, 4.69) is 10.2 Å². The Morgan fingerprint density at radius 1 is 0.952 bits per heavy atom. The summed E-state index contributed by atoms with van der Waals surface area (Å²) in [6, 6.07) is 9.54. The molecule has 1 amide bonds. The topological polar surface area (TPSA) is 129 Å². The number of benzene rings is 1. The van der Waals surface area contributed by atoms with E-state index < -0.39 is 19.9 Å². The summed E-state index contributed by atoms with van der Waals surface area (Å²) in [6.07, 6.45) is 4.61. The molecule has 2 bridgehead atoms. The number of sulfone groups is 1. The molecule has 13 heteroatoms. The largest absolute Gasteiger partial charge is 0.349 e. The first-order chi connectivity index (χ1) is 19.8. The van der Waals surface area contributed by atoms with Crippen molar-refractivity contribution in [3.63, 3.8) is 0 Å². The number of pyridine rings is 1. The van der Waals surface area contributed by atoms with Gasteiger partial charge in [0.1, 0.15) is 5.56 Å². The zero-order valence-electron chi connectivity index (χ0n) is 24.7. The molecule has 1 aromatic carbocycles. The van der Waals surface area contributed by atoms with Gasteiger partial charge >= 0.3 is 0 Å². The first-order valence-corrected chi connectivity index (χ1v) is 18.6. The molecule has 3 saturated heterocycles. The highest BCUT2D eigenvalue weighted by molar-refractivity contribution is 7.91. The number of hydrogen-bond acceptors (Lipinski definition) is 8. The molecule has 1 aromatic heterocycles. The third-order valence-electron chi connectivity index (χ3n) is 9.11. The SMILES string of the molecule is CC(C)n1c(=O)c(C(=O)NC2CC3CCC(C2)N3CCS(=O)(=O)CCN2CCN(S(C)(=O)=O)CC2)cc2ccccc21. The van der Waals surface area contributed by atoms with Crippen molar-refractivity contribution in [2.24, 2.45) is 0 Å². The van der Waals surface area contributed by atoms with Crippen molar-refractivity contribution in [3.05, 3.63) is 46.2 Å². The lowest BCUT2D eigenvalue weighted by Gasteiger charge is -2.39. The minimum absolute atomic E-state index is 0.0629. The molecule has 0 aliphatic carbocycles. The van der Waals surface area contributed by atoms with Crippen LogP contribution in [0.1, 0.15) is 55.9 Å². The number of nitrogens with zero attached hydrogens (tertiary/aromatic N) is 4. The second-order valence-corrected chi connectivity index (χ2v) is 16.6. The van der Waals surface area contributed by atoms with Crippen molar-refractivity contribution >= 4 is 36.7 Å². The molecule has 3 aliphatic heterocycles. The number of aromatic nitrogens is 1. The van der Waals surface area contributed by atoms with Gasteiger partial charge < -0.3 is 9.88 Å². The van der Waals surface area contributed by atoms with Gasteiger partial charge in [0.05, 0.1) is 23.3 Å². The Morgan fingerprint density at radius 3 is 2.19 bits per heavy atom.